The molecule has 5 nitrogen and oxygen atoms in total. The van der Waals surface area contributed by atoms with E-state index in [4.69, 9.17) is 25.8 Å². The molecule has 2 heterocycles. The maximum atomic E-state index is 12.8. The SMILES string of the molecule is COc1c2c(cc3c1C(CC(=O)c1ccc(Cl)cc1)N(C)CC3)OCO2.Cl. The fourth-order valence-corrected chi connectivity index (χ4v) is 3.84. The number of benzene rings is 2. The first-order valence-corrected chi connectivity index (χ1v) is 8.94. The predicted octanol–water partition coefficient (Wildman–Crippen LogP) is 4.30. The summed E-state index contributed by atoms with van der Waals surface area (Å²) in [7, 11) is 3.66. The standard InChI is InChI=1S/C20H20ClNO4.ClH/c1-22-8-7-13-9-17-19(26-11-25-17)20(24-2)18(13)15(22)10-16(23)12-3-5-14(21)6-4-12;/h3-6,9,15H,7-8,10-11H2,1-2H3;1H. The summed E-state index contributed by atoms with van der Waals surface area (Å²) in [5, 5.41) is 0.621. The summed E-state index contributed by atoms with van der Waals surface area (Å²) < 4.78 is 16.8. The molecule has 144 valence electrons. The number of likely N-dealkylation sites (N-methyl/N-ethyl adjacent to an activating group) is 1. The number of ketones is 1. The Morgan fingerprint density at radius 3 is 2.74 bits per heavy atom. The van der Waals surface area contributed by atoms with Gasteiger partial charge in [-0.1, -0.05) is 11.6 Å². The monoisotopic (exact) mass is 409 g/mol. The fourth-order valence-electron chi connectivity index (χ4n) is 3.71. The summed E-state index contributed by atoms with van der Waals surface area (Å²) in [5.74, 6) is 2.10. The van der Waals surface area contributed by atoms with Crippen LogP contribution in [-0.4, -0.2) is 38.2 Å². The second-order valence-electron chi connectivity index (χ2n) is 6.60. The maximum Gasteiger partial charge on any atom is 0.231 e. The van der Waals surface area contributed by atoms with Gasteiger partial charge in [-0.15, -0.1) is 12.4 Å². The summed E-state index contributed by atoms with van der Waals surface area (Å²) in [5.41, 5.74) is 2.83. The van der Waals surface area contributed by atoms with Gasteiger partial charge in [-0.3, -0.25) is 9.69 Å². The molecule has 27 heavy (non-hydrogen) atoms. The van der Waals surface area contributed by atoms with Crippen LogP contribution in [0.4, 0.5) is 0 Å². The lowest BCUT2D eigenvalue weighted by atomic mass is 9.87. The molecule has 0 saturated carbocycles. The van der Waals surface area contributed by atoms with Crippen molar-refractivity contribution >= 4 is 29.8 Å². The highest BCUT2D eigenvalue weighted by Crippen LogP contribution is 2.50. The third kappa shape index (κ3) is 3.59. The van der Waals surface area contributed by atoms with Crippen molar-refractivity contribution in [2.45, 2.75) is 18.9 Å². The number of carbonyl (C=O) groups excluding carboxylic acids is 1. The molecule has 2 aromatic carbocycles. The quantitative estimate of drug-likeness (QED) is 0.704. The number of hydrogen-bond donors (Lipinski definition) is 0. The summed E-state index contributed by atoms with van der Waals surface area (Å²) in [6.45, 7) is 1.06. The first-order chi connectivity index (χ1) is 12.6. The highest BCUT2D eigenvalue weighted by molar-refractivity contribution is 6.30. The van der Waals surface area contributed by atoms with Crippen molar-refractivity contribution in [3.63, 3.8) is 0 Å². The zero-order chi connectivity index (χ0) is 18.3. The molecule has 1 unspecified atom stereocenters. The molecule has 0 radical (unpaired) electrons. The third-order valence-electron chi connectivity index (χ3n) is 5.09. The number of halogens is 2. The Bertz CT molecular complexity index is 854. The topological polar surface area (TPSA) is 48.0 Å². The lowest BCUT2D eigenvalue weighted by molar-refractivity contribution is 0.0925. The van der Waals surface area contributed by atoms with E-state index in [0.717, 1.165) is 24.1 Å². The van der Waals surface area contributed by atoms with E-state index < -0.39 is 0 Å². The van der Waals surface area contributed by atoms with Crippen molar-refractivity contribution in [3.05, 3.63) is 52.0 Å². The van der Waals surface area contributed by atoms with Crippen molar-refractivity contribution in [1.29, 1.82) is 0 Å². The first kappa shape index (κ1) is 19.8. The minimum Gasteiger partial charge on any atom is -0.492 e. The smallest absolute Gasteiger partial charge is 0.231 e. The Hall–Kier alpha value is -1.95. The van der Waals surface area contributed by atoms with E-state index in [-0.39, 0.29) is 31.0 Å². The van der Waals surface area contributed by atoms with Crippen molar-refractivity contribution in [1.82, 2.24) is 4.90 Å². The molecule has 0 saturated heterocycles. The predicted molar refractivity (Wildman–Crippen MR) is 106 cm³/mol. The van der Waals surface area contributed by atoms with Crippen LogP contribution >= 0.6 is 24.0 Å². The minimum absolute atomic E-state index is 0. The summed E-state index contributed by atoms with van der Waals surface area (Å²) in [6.07, 6.45) is 1.24. The van der Waals surface area contributed by atoms with Crippen LogP contribution in [-0.2, 0) is 6.42 Å². The van der Waals surface area contributed by atoms with Crippen LogP contribution < -0.4 is 14.2 Å². The van der Waals surface area contributed by atoms with Crippen molar-refractivity contribution in [3.8, 4) is 17.2 Å². The number of methoxy groups -OCH3 is 1. The molecule has 0 amide bonds. The molecule has 0 fully saturated rings. The van der Waals surface area contributed by atoms with Gasteiger partial charge in [-0.05, 0) is 49.4 Å². The summed E-state index contributed by atoms with van der Waals surface area (Å²) in [6, 6.07) is 8.97. The number of Topliss-reactive ketones (excluding diaryl/α,β-unsaturated/α-hetero) is 1. The molecule has 0 spiro atoms. The lowest BCUT2D eigenvalue weighted by Crippen LogP contribution is -2.34. The number of ether oxygens (including phenoxy) is 3. The van der Waals surface area contributed by atoms with E-state index in [0.29, 0.717) is 34.3 Å². The molecule has 2 aliphatic rings. The highest BCUT2D eigenvalue weighted by Gasteiger charge is 2.35. The molecule has 0 bridgehead atoms. The second kappa shape index (κ2) is 7.97. The molecule has 7 heteroatoms. The van der Waals surface area contributed by atoms with E-state index in [2.05, 4.69) is 4.90 Å². The van der Waals surface area contributed by atoms with Crippen molar-refractivity contribution in [2.75, 3.05) is 27.5 Å². The number of hydrogen-bond acceptors (Lipinski definition) is 5. The van der Waals surface area contributed by atoms with E-state index >= 15 is 0 Å². The minimum atomic E-state index is -0.0774. The number of carbonyl (C=O) groups is 1. The number of fused-ring (bicyclic) bond motifs is 2. The molecule has 0 N–H and O–H groups in total. The van der Waals surface area contributed by atoms with E-state index in [9.17, 15) is 4.79 Å². The zero-order valence-electron chi connectivity index (χ0n) is 15.2. The summed E-state index contributed by atoms with van der Waals surface area (Å²) in [4.78, 5) is 15.0. The molecule has 2 aliphatic heterocycles. The van der Waals surface area contributed by atoms with Crippen LogP contribution in [0.2, 0.25) is 5.02 Å². The number of nitrogens with zero attached hydrogens (tertiary/aromatic N) is 1. The Balaban J connectivity index is 0.00000210. The molecule has 0 aliphatic carbocycles. The van der Waals surface area contributed by atoms with Crippen LogP contribution in [0.3, 0.4) is 0 Å². The van der Waals surface area contributed by atoms with Gasteiger partial charge in [0.1, 0.15) is 0 Å². The van der Waals surface area contributed by atoms with Gasteiger partial charge < -0.3 is 14.2 Å². The maximum absolute atomic E-state index is 12.8. The highest BCUT2D eigenvalue weighted by atomic mass is 35.5. The molecule has 2 aromatic rings. The molecule has 4 rings (SSSR count). The van der Waals surface area contributed by atoms with Gasteiger partial charge in [-0.2, -0.15) is 0 Å². The fraction of sp³-hybridized carbons (Fsp3) is 0.350. The van der Waals surface area contributed by atoms with Gasteiger partial charge in [0.2, 0.25) is 12.5 Å². The largest absolute Gasteiger partial charge is 0.492 e. The molecular formula is C20H21Cl2NO4. The van der Waals surface area contributed by atoms with Gasteiger partial charge >= 0.3 is 0 Å². The van der Waals surface area contributed by atoms with Crippen LogP contribution in [0.5, 0.6) is 17.2 Å². The van der Waals surface area contributed by atoms with E-state index in [1.807, 2.05) is 13.1 Å². The van der Waals surface area contributed by atoms with Gasteiger partial charge in [0, 0.05) is 35.2 Å². The molecule has 1 atom stereocenters. The van der Waals surface area contributed by atoms with Crippen molar-refractivity contribution in [2.24, 2.45) is 0 Å². The van der Waals surface area contributed by atoms with E-state index in [1.54, 1.807) is 31.4 Å². The summed E-state index contributed by atoms with van der Waals surface area (Å²) >= 11 is 5.93. The van der Waals surface area contributed by atoms with Gasteiger partial charge in [0.15, 0.2) is 17.3 Å². The van der Waals surface area contributed by atoms with Gasteiger partial charge in [-0.25, -0.2) is 0 Å². The first-order valence-electron chi connectivity index (χ1n) is 8.57. The average Bonchev–Trinajstić information content (AvgIpc) is 3.11. The normalized spacial score (nSPS) is 17.8. The van der Waals surface area contributed by atoms with Gasteiger partial charge in [0.25, 0.3) is 0 Å². The van der Waals surface area contributed by atoms with Crippen LogP contribution in [0.1, 0.15) is 33.9 Å². The molecular weight excluding hydrogens is 389 g/mol. The Kier molecular flexibility index (Phi) is 5.84. The van der Waals surface area contributed by atoms with Crippen molar-refractivity contribution < 1.29 is 19.0 Å². The molecule has 0 aromatic heterocycles. The van der Waals surface area contributed by atoms with Crippen LogP contribution in [0.25, 0.3) is 0 Å². The Morgan fingerprint density at radius 2 is 2.04 bits per heavy atom. The zero-order valence-corrected chi connectivity index (χ0v) is 16.7. The van der Waals surface area contributed by atoms with Gasteiger partial charge in [0.05, 0.1) is 7.11 Å². The van der Waals surface area contributed by atoms with E-state index in [1.165, 1.54) is 0 Å². The average molecular weight is 410 g/mol. The van der Waals surface area contributed by atoms with Crippen LogP contribution in [0, 0.1) is 0 Å². The number of rotatable bonds is 4. The third-order valence-corrected chi connectivity index (χ3v) is 5.34. The van der Waals surface area contributed by atoms with Crippen LogP contribution in [0.15, 0.2) is 30.3 Å². The Morgan fingerprint density at radius 1 is 1.30 bits per heavy atom. The lowest BCUT2D eigenvalue weighted by Gasteiger charge is -2.35. The second-order valence-corrected chi connectivity index (χ2v) is 7.03. The Labute approximate surface area is 169 Å².